The number of aliphatic hydroxyl groups excluding tert-OH is 2. The third-order valence-corrected chi connectivity index (χ3v) is 9.61. The number of fused-ring (bicyclic) bond motifs is 1. The van der Waals surface area contributed by atoms with Crippen molar-refractivity contribution >= 4 is 25.1 Å². The molecule has 0 unspecified atom stereocenters. The van der Waals surface area contributed by atoms with Gasteiger partial charge in [-0.25, -0.2) is 14.1 Å². The molecule has 46 heavy (non-hydrogen) atoms. The summed E-state index contributed by atoms with van der Waals surface area (Å²) in [5.41, 5.74) is 4.22. The summed E-state index contributed by atoms with van der Waals surface area (Å²) < 4.78 is 76.9. The zero-order valence-corrected chi connectivity index (χ0v) is 25.3. The average molecular weight is 669 g/mol. The number of para-hydroxylation sites is 1. The number of hydrogen-bond donors (Lipinski definition) is 4. The molecule has 5 N–H and O–H groups in total. The number of carbonyl (C=O) groups is 1. The zero-order chi connectivity index (χ0) is 33.3. The molecule has 0 spiro atoms. The number of hydrogen-bond acceptors (Lipinski definition) is 12. The van der Waals surface area contributed by atoms with Crippen molar-refractivity contribution in [3.8, 4) is 11.8 Å². The van der Waals surface area contributed by atoms with Gasteiger partial charge in [-0.2, -0.15) is 28.6 Å². The van der Waals surface area contributed by atoms with E-state index in [0.717, 1.165) is 0 Å². The second kappa shape index (κ2) is 13.1. The number of nitrogen functional groups attached to an aromatic ring is 1. The van der Waals surface area contributed by atoms with Crippen LogP contribution in [0.2, 0.25) is 0 Å². The Kier molecular flexibility index (Phi) is 9.60. The SMILES string of the molecule is C[C@H](N[P@](=O)(OC[C@@]1(C#N)O[C@@H](c2ccc3c(N)ncnn23)[C@H](O)[C@@H]1O)Oc1ccccc1)C(=O)O[C@H]1CC[C@H](C(F)(F)F)CC1. The van der Waals surface area contributed by atoms with Crippen molar-refractivity contribution in [2.24, 2.45) is 5.92 Å². The molecule has 3 heterocycles. The highest BCUT2D eigenvalue weighted by Gasteiger charge is 2.57. The lowest BCUT2D eigenvalue weighted by atomic mass is 9.87. The number of aliphatic hydroxyl groups is 2. The summed E-state index contributed by atoms with van der Waals surface area (Å²) >= 11 is 0. The Morgan fingerprint density at radius 3 is 2.59 bits per heavy atom. The van der Waals surface area contributed by atoms with Crippen LogP contribution in [0.25, 0.3) is 5.52 Å². The van der Waals surface area contributed by atoms with Crippen molar-refractivity contribution in [2.75, 3.05) is 12.3 Å². The second-order valence-electron chi connectivity index (χ2n) is 11.2. The van der Waals surface area contributed by atoms with Crippen molar-refractivity contribution in [3.63, 3.8) is 0 Å². The Morgan fingerprint density at radius 2 is 1.93 bits per heavy atom. The molecule has 5 rings (SSSR count). The van der Waals surface area contributed by atoms with E-state index in [1.807, 2.05) is 0 Å². The number of nitrogens with zero attached hydrogens (tertiary/aromatic N) is 4. The number of nitrogens with one attached hydrogen (secondary N) is 1. The van der Waals surface area contributed by atoms with Crippen LogP contribution >= 0.6 is 7.75 Å². The minimum absolute atomic E-state index is 0.0102. The van der Waals surface area contributed by atoms with Crippen molar-refractivity contribution in [1.29, 1.82) is 5.26 Å². The first-order valence-electron chi connectivity index (χ1n) is 14.3. The molecule has 1 aliphatic carbocycles. The van der Waals surface area contributed by atoms with Gasteiger partial charge in [-0.1, -0.05) is 18.2 Å². The number of carbonyl (C=O) groups excluding carboxylic acids is 1. The fraction of sp³-hybridized carbons (Fsp3) is 0.500. The summed E-state index contributed by atoms with van der Waals surface area (Å²) in [5, 5.41) is 38.5. The number of halogens is 3. The zero-order valence-electron chi connectivity index (χ0n) is 24.4. The van der Waals surface area contributed by atoms with Crippen LogP contribution in [0.3, 0.4) is 0 Å². The highest BCUT2D eigenvalue weighted by Crippen LogP contribution is 2.48. The van der Waals surface area contributed by atoms with E-state index in [2.05, 4.69) is 15.2 Å². The Bertz CT molecular complexity index is 1630. The number of aromatic nitrogens is 3. The Balaban J connectivity index is 1.31. The van der Waals surface area contributed by atoms with E-state index in [9.17, 15) is 38.0 Å². The maximum atomic E-state index is 14.0. The molecule has 2 fully saturated rings. The van der Waals surface area contributed by atoms with E-state index in [0.29, 0.717) is 5.52 Å². The number of nitrogens with two attached hydrogens (primary N) is 1. The summed E-state index contributed by atoms with van der Waals surface area (Å²) in [5.74, 6) is -2.19. The molecular weight excluding hydrogens is 636 g/mol. The van der Waals surface area contributed by atoms with Gasteiger partial charge in [0.2, 0.25) is 5.60 Å². The summed E-state index contributed by atoms with van der Waals surface area (Å²) in [7, 11) is -4.58. The molecular formula is C28H32F3N6O8P. The first kappa shape index (κ1) is 33.6. The van der Waals surface area contributed by atoms with Crippen LogP contribution in [0, 0.1) is 17.2 Å². The van der Waals surface area contributed by atoms with Gasteiger partial charge in [-0.3, -0.25) is 9.32 Å². The molecule has 1 saturated heterocycles. The van der Waals surface area contributed by atoms with Crippen LogP contribution in [-0.2, 0) is 23.4 Å². The van der Waals surface area contributed by atoms with Crippen molar-refractivity contribution in [3.05, 3.63) is 54.5 Å². The number of anilines is 1. The number of nitriles is 1. The molecule has 14 nitrogen and oxygen atoms in total. The van der Waals surface area contributed by atoms with Crippen LogP contribution in [0.5, 0.6) is 5.75 Å². The fourth-order valence-corrected chi connectivity index (χ4v) is 6.95. The number of alkyl halides is 3. The van der Waals surface area contributed by atoms with Gasteiger partial charge in [-0.15, -0.1) is 0 Å². The van der Waals surface area contributed by atoms with Gasteiger partial charge in [0.05, 0.1) is 11.6 Å². The molecule has 2 aliphatic rings. The largest absolute Gasteiger partial charge is 0.461 e. The maximum absolute atomic E-state index is 14.0. The molecule has 3 aromatic rings. The molecule has 6 atom stereocenters. The van der Waals surface area contributed by atoms with Crippen molar-refractivity contribution in [1.82, 2.24) is 19.7 Å². The van der Waals surface area contributed by atoms with Gasteiger partial charge in [-0.05, 0) is 56.9 Å². The third-order valence-electron chi connectivity index (χ3n) is 7.98. The Morgan fingerprint density at radius 1 is 1.24 bits per heavy atom. The van der Waals surface area contributed by atoms with E-state index in [1.54, 1.807) is 30.3 Å². The van der Waals surface area contributed by atoms with E-state index in [1.165, 1.54) is 36.0 Å². The predicted molar refractivity (Wildman–Crippen MR) is 153 cm³/mol. The minimum Gasteiger partial charge on any atom is -0.461 e. The molecule has 0 radical (unpaired) electrons. The van der Waals surface area contributed by atoms with Crippen LogP contribution in [0.1, 0.15) is 44.4 Å². The first-order chi connectivity index (χ1) is 21.7. The predicted octanol–water partition coefficient (Wildman–Crippen LogP) is 3.21. The summed E-state index contributed by atoms with van der Waals surface area (Å²) in [4.78, 5) is 16.8. The van der Waals surface area contributed by atoms with Gasteiger partial charge >= 0.3 is 19.9 Å². The smallest absolute Gasteiger partial charge is 0.459 e. The molecule has 1 aromatic carbocycles. The highest BCUT2D eigenvalue weighted by molar-refractivity contribution is 7.52. The number of benzene rings is 1. The minimum atomic E-state index is -4.58. The molecule has 0 amide bonds. The molecule has 2 aromatic heterocycles. The molecule has 248 valence electrons. The topological polar surface area (TPSA) is 204 Å². The lowest BCUT2D eigenvalue weighted by molar-refractivity contribution is -0.188. The third kappa shape index (κ3) is 6.97. The van der Waals surface area contributed by atoms with E-state index < -0.39 is 68.5 Å². The fourth-order valence-electron chi connectivity index (χ4n) is 5.43. The van der Waals surface area contributed by atoms with Gasteiger partial charge < -0.3 is 29.9 Å². The van der Waals surface area contributed by atoms with E-state index in [4.69, 9.17) is 24.3 Å². The second-order valence-corrected chi connectivity index (χ2v) is 12.8. The molecule has 0 bridgehead atoms. The Labute approximate surface area is 260 Å². The monoisotopic (exact) mass is 668 g/mol. The number of esters is 1. The average Bonchev–Trinajstić information content (AvgIpc) is 3.56. The first-order valence-corrected chi connectivity index (χ1v) is 15.9. The Hall–Kier alpha value is -3.78. The lowest BCUT2D eigenvalue weighted by Gasteiger charge is -2.31. The summed E-state index contributed by atoms with van der Waals surface area (Å²) in [6.45, 7) is 0.388. The number of ether oxygens (including phenoxy) is 2. The summed E-state index contributed by atoms with van der Waals surface area (Å²) in [6.07, 6.45) is -9.11. The molecule has 18 heteroatoms. The van der Waals surface area contributed by atoms with Crippen molar-refractivity contribution in [2.45, 2.75) is 74.8 Å². The number of rotatable bonds is 10. The van der Waals surface area contributed by atoms with Crippen LogP contribution < -0.4 is 15.3 Å². The van der Waals surface area contributed by atoms with Gasteiger partial charge in [0.25, 0.3) is 0 Å². The van der Waals surface area contributed by atoms with Gasteiger partial charge in [0.15, 0.2) is 5.82 Å². The van der Waals surface area contributed by atoms with Crippen LogP contribution in [0.15, 0.2) is 48.8 Å². The highest BCUT2D eigenvalue weighted by atomic mass is 31.2. The quantitative estimate of drug-likeness (QED) is 0.181. The van der Waals surface area contributed by atoms with Crippen molar-refractivity contribution < 1.29 is 51.3 Å². The molecule has 1 saturated carbocycles. The van der Waals surface area contributed by atoms with E-state index >= 15 is 0 Å². The maximum Gasteiger partial charge on any atom is 0.459 e. The summed E-state index contributed by atoms with van der Waals surface area (Å²) in [6, 6.07) is 11.2. The van der Waals surface area contributed by atoms with Gasteiger partial charge in [0.1, 0.15) is 60.7 Å². The van der Waals surface area contributed by atoms with Crippen LogP contribution in [0.4, 0.5) is 19.0 Å². The standard InChI is InChI=1S/C28H32F3N6O8P/c1-16(26(40)43-18-9-7-17(8-10-18)28(29,30)31)36-46(41,45-19-5-3-2-4-6-19)42-14-27(13-32)24(39)22(38)23(44-27)20-11-12-21-25(33)34-15-35-37(20)21/h2-6,11-12,15-18,22-24,38-39H,7-10,14H2,1H3,(H,36,41)(H2,33,34,35)/t16-,17-,18-,22-,23-,24-,27+,46-/m0/s1. The normalized spacial score (nSPS) is 28.7. The van der Waals surface area contributed by atoms with Crippen LogP contribution in [-0.4, -0.2) is 73.5 Å². The van der Waals surface area contributed by atoms with E-state index in [-0.39, 0.29) is 42.9 Å². The molecule has 1 aliphatic heterocycles. The lowest BCUT2D eigenvalue weighted by Crippen LogP contribution is -2.46. The van der Waals surface area contributed by atoms with Gasteiger partial charge in [0, 0.05) is 0 Å².